The smallest absolute Gasteiger partial charge is 0.543 e. The fourth-order valence-electron chi connectivity index (χ4n) is 1.69. The molecular weight excluding hydrogens is 243 g/mol. The van der Waals surface area contributed by atoms with Crippen LogP contribution in [0, 0.1) is 0 Å². The minimum atomic E-state index is -1.44. The molecule has 8 heteroatoms. The van der Waals surface area contributed by atoms with Crippen molar-refractivity contribution in [1.82, 2.24) is 4.90 Å². The van der Waals surface area contributed by atoms with E-state index in [9.17, 15) is 14.7 Å². The molecule has 0 aliphatic carbocycles. The number of fused-ring (bicyclic) bond motifs is 1. The quantitative estimate of drug-likeness (QED) is 0.374. The van der Waals surface area contributed by atoms with Crippen LogP contribution in [0.2, 0.25) is 0 Å². The molecule has 2 aliphatic heterocycles. The van der Waals surface area contributed by atoms with Crippen LogP contribution in [-0.2, 0) is 9.59 Å². The number of nitrogens with two attached hydrogens (primary N) is 1. The summed E-state index contributed by atoms with van der Waals surface area (Å²) in [6.07, 6.45) is 0. The first-order chi connectivity index (χ1) is 7.07. The molecule has 1 fully saturated rings. The van der Waals surface area contributed by atoms with Crippen molar-refractivity contribution in [3.63, 3.8) is 0 Å². The number of carbonyl (C=O) groups is 2. The largest absolute Gasteiger partial charge is 1.00 e. The maximum Gasteiger partial charge on any atom is 1.00 e. The predicted molar refractivity (Wildman–Crippen MR) is 50.2 cm³/mol. The summed E-state index contributed by atoms with van der Waals surface area (Å²) < 4.78 is 0. The topological polar surface area (TPSA) is 107 Å². The van der Waals surface area contributed by atoms with Crippen molar-refractivity contribution in [3.8, 4) is 0 Å². The number of carboxylic acids is 1. The van der Waals surface area contributed by atoms with E-state index in [1.807, 2.05) is 0 Å². The van der Waals surface area contributed by atoms with E-state index >= 15 is 0 Å². The first-order valence-electron chi connectivity index (χ1n) is 4.32. The molecule has 1 saturated heterocycles. The van der Waals surface area contributed by atoms with Crippen LogP contribution in [0.3, 0.4) is 0 Å². The Labute approximate surface area is 118 Å². The van der Waals surface area contributed by atoms with Gasteiger partial charge >= 0.3 is 29.6 Å². The fraction of sp³-hybridized carbons (Fsp3) is 0.500. The van der Waals surface area contributed by atoms with Crippen LogP contribution < -0.4 is 40.4 Å². The molecule has 1 amide bonds. The number of hydrogen-bond donors (Lipinski definition) is 2. The van der Waals surface area contributed by atoms with E-state index in [1.165, 1.54) is 11.8 Å². The summed E-state index contributed by atoms with van der Waals surface area (Å²) in [5.41, 5.74) is 5.60. The van der Waals surface area contributed by atoms with E-state index in [-0.39, 0.29) is 47.2 Å². The zero-order valence-corrected chi connectivity index (χ0v) is 11.5. The number of carbonyl (C=O) groups excluding carboxylic acids is 2. The Bertz CT molecular complexity index is 373. The van der Waals surface area contributed by atoms with Crippen molar-refractivity contribution in [1.29, 1.82) is 0 Å². The number of aliphatic hydroxyl groups is 1. The second-order valence-electron chi connectivity index (χ2n) is 3.33. The zero-order valence-electron chi connectivity index (χ0n) is 8.67. The third-order valence-corrected chi connectivity index (χ3v) is 3.83. The van der Waals surface area contributed by atoms with E-state index in [0.29, 0.717) is 11.3 Å². The number of amides is 1. The number of rotatable bonds is 2. The first kappa shape index (κ1) is 14.0. The van der Waals surface area contributed by atoms with Gasteiger partial charge in [0, 0.05) is 5.75 Å². The summed E-state index contributed by atoms with van der Waals surface area (Å²) in [6.45, 7) is -0.387. The molecule has 6 nitrogen and oxygen atoms in total. The van der Waals surface area contributed by atoms with Crippen molar-refractivity contribution in [2.24, 2.45) is 5.73 Å². The van der Waals surface area contributed by atoms with Crippen molar-refractivity contribution in [2.45, 2.75) is 11.4 Å². The molecule has 2 aliphatic rings. The van der Waals surface area contributed by atoms with Crippen molar-refractivity contribution in [3.05, 3.63) is 11.3 Å². The molecule has 2 heterocycles. The summed E-state index contributed by atoms with van der Waals surface area (Å²) in [6, 6.07) is -0.649. The van der Waals surface area contributed by atoms with Gasteiger partial charge in [-0.1, -0.05) is 0 Å². The van der Waals surface area contributed by atoms with Gasteiger partial charge in [-0.2, -0.15) is 0 Å². The van der Waals surface area contributed by atoms with E-state index in [2.05, 4.69) is 0 Å². The third kappa shape index (κ3) is 1.92. The van der Waals surface area contributed by atoms with Crippen LogP contribution in [0.5, 0.6) is 0 Å². The number of carboxylic acid groups (broad SMARTS) is 1. The second kappa shape index (κ2) is 5.07. The number of aliphatic hydroxyl groups excluding tert-OH is 1. The summed E-state index contributed by atoms with van der Waals surface area (Å²) >= 11 is 1.35. The van der Waals surface area contributed by atoms with Gasteiger partial charge in [0.15, 0.2) is 0 Å². The van der Waals surface area contributed by atoms with Gasteiger partial charge < -0.3 is 20.7 Å². The van der Waals surface area contributed by atoms with Gasteiger partial charge in [0.1, 0.15) is 11.4 Å². The molecule has 0 aromatic carbocycles. The first-order valence-corrected chi connectivity index (χ1v) is 5.37. The van der Waals surface area contributed by atoms with Gasteiger partial charge in [-0.3, -0.25) is 9.69 Å². The summed E-state index contributed by atoms with van der Waals surface area (Å²) in [5, 5.41) is 19.5. The average Bonchev–Trinajstić information content (AvgIpc) is 2.25. The molecular formula is C8H9N2NaO4S. The zero-order chi connectivity index (χ0) is 11.2. The maximum atomic E-state index is 11.4. The normalized spacial score (nSPS) is 28.1. The van der Waals surface area contributed by atoms with E-state index in [0.717, 1.165) is 4.90 Å². The number of aliphatic carboxylic acids is 1. The number of thioether (sulfide) groups is 1. The standard InChI is InChI=1S/C8H10N2O4S.Na/c9-4-6(12)10-5(8(13)14)3(1-11)2-15-7(4)10;/h4,7,11H,1-2,9H2,(H,13,14);/q;+1/p-1/t4-,7-;/m1./s1. The average molecular weight is 252 g/mol. The van der Waals surface area contributed by atoms with Crippen LogP contribution in [-0.4, -0.2) is 45.7 Å². The molecule has 0 aromatic rings. The van der Waals surface area contributed by atoms with E-state index in [1.54, 1.807) is 0 Å². The Hall–Kier alpha value is -0.0500. The maximum absolute atomic E-state index is 11.4. The van der Waals surface area contributed by atoms with Crippen LogP contribution >= 0.6 is 11.8 Å². The van der Waals surface area contributed by atoms with Crippen LogP contribution in [0.15, 0.2) is 11.3 Å². The fourth-order valence-corrected chi connectivity index (χ4v) is 2.97. The Kier molecular flexibility index (Phi) is 4.44. The van der Waals surface area contributed by atoms with Gasteiger partial charge in [0.25, 0.3) is 0 Å². The van der Waals surface area contributed by atoms with Gasteiger partial charge in [-0.15, -0.1) is 11.8 Å². The van der Waals surface area contributed by atoms with Crippen molar-refractivity contribution >= 4 is 23.6 Å². The van der Waals surface area contributed by atoms with Gasteiger partial charge in [-0.25, -0.2) is 0 Å². The second-order valence-corrected chi connectivity index (χ2v) is 4.44. The minimum absolute atomic E-state index is 0. The van der Waals surface area contributed by atoms with E-state index in [4.69, 9.17) is 10.8 Å². The van der Waals surface area contributed by atoms with Gasteiger partial charge in [0.05, 0.1) is 18.3 Å². The molecule has 0 spiro atoms. The molecule has 0 aromatic heterocycles. The SMILES string of the molecule is N[C@@H]1C(=O)N2C(C(=O)[O-])=C(CO)CS[C@H]12.[Na+]. The van der Waals surface area contributed by atoms with Crippen LogP contribution in [0.25, 0.3) is 0 Å². The minimum Gasteiger partial charge on any atom is -0.543 e. The van der Waals surface area contributed by atoms with Gasteiger partial charge in [0.2, 0.25) is 5.91 Å². The summed E-state index contributed by atoms with van der Waals surface area (Å²) in [5.74, 6) is -1.51. The molecule has 0 bridgehead atoms. The molecule has 0 saturated carbocycles. The Morgan fingerprint density at radius 2 is 2.31 bits per heavy atom. The molecule has 0 radical (unpaired) electrons. The third-order valence-electron chi connectivity index (χ3n) is 2.47. The summed E-state index contributed by atoms with van der Waals surface area (Å²) in [7, 11) is 0. The molecule has 82 valence electrons. The molecule has 3 N–H and O–H groups in total. The van der Waals surface area contributed by atoms with Crippen molar-refractivity contribution in [2.75, 3.05) is 12.4 Å². The summed E-state index contributed by atoms with van der Waals surface area (Å²) in [4.78, 5) is 23.3. The molecule has 16 heavy (non-hydrogen) atoms. The van der Waals surface area contributed by atoms with Crippen LogP contribution in [0.4, 0.5) is 0 Å². The Balaban J connectivity index is 0.00000128. The van der Waals surface area contributed by atoms with Crippen LogP contribution in [0.1, 0.15) is 0 Å². The number of nitrogens with zero attached hydrogens (tertiary/aromatic N) is 1. The number of β-lactam (4-membered cyclic amide) rings is 1. The Morgan fingerprint density at radius 3 is 2.81 bits per heavy atom. The molecule has 2 rings (SSSR count). The van der Waals surface area contributed by atoms with Gasteiger partial charge in [-0.05, 0) is 5.57 Å². The number of hydrogen-bond acceptors (Lipinski definition) is 6. The molecule has 2 atom stereocenters. The monoisotopic (exact) mass is 252 g/mol. The van der Waals surface area contributed by atoms with E-state index < -0.39 is 17.9 Å². The Morgan fingerprint density at radius 1 is 1.69 bits per heavy atom. The molecule has 0 unspecified atom stereocenters. The van der Waals surface area contributed by atoms with Crippen molar-refractivity contribution < 1.29 is 49.4 Å². The predicted octanol–water partition coefficient (Wildman–Crippen LogP) is -5.77.